The Morgan fingerprint density at radius 2 is 0.972 bits per heavy atom. The number of amides is 4. The quantitative estimate of drug-likeness (QED) is 0.169. The summed E-state index contributed by atoms with van der Waals surface area (Å²) in [6.45, 7) is 17.2. The van der Waals surface area contributed by atoms with Crippen molar-refractivity contribution < 1.29 is 68.5 Å². The second-order valence-corrected chi connectivity index (χ2v) is 26.5. The molecule has 4 bridgehead atoms. The standard InChI is InChI=1S/C61H74N2O8.Na/c1-32(2)40-30-60-25-19-42-56(5,21-9-23-58(42,7)54(68)69)44(60)28-38(40)46-48(60)52(66)62(50(46)64)36-15-11-34(12-16-36)27-35-13-17-37(18-14-35)63-51(65)47-39-29-45-57(6)22-10-24-59(8,55(70)71)43(57)20-26-61(45,49(47)53(63)67)31-41(39)33(3)4;/h11-18,30-33,38-39,42-49H,9-10,19-29H2,1-8H3,(H,68,69)(H,70,71);/q;+1/p-1. The Kier molecular flexibility index (Phi) is 11.6. The molecule has 2 saturated heterocycles. The third-order valence-corrected chi connectivity index (χ3v) is 23.1. The molecule has 1 N–H and O–H groups in total. The summed E-state index contributed by atoms with van der Waals surface area (Å²) in [5.74, 6) is -3.30. The van der Waals surface area contributed by atoms with Crippen LogP contribution >= 0.6 is 0 Å². The largest absolute Gasteiger partial charge is 1.00 e. The number of anilines is 2. The van der Waals surface area contributed by atoms with E-state index in [0.29, 0.717) is 43.5 Å². The number of imide groups is 2. The number of hydrogen-bond donors (Lipinski definition) is 1. The zero-order valence-corrected chi connectivity index (χ0v) is 46.1. The molecule has 72 heavy (non-hydrogen) atoms. The molecule has 16 atom stereocenters. The van der Waals surface area contributed by atoms with Gasteiger partial charge in [-0.2, -0.15) is 0 Å². The molecule has 2 spiro atoms. The first kappa shape index (κ1) is 50.3. The van der Waals surface area contributed by atoms with Crippen LogP contribution in [0.4, 0.5) is 11.4 Å². The van der Waals surface area contributed by atoms with Crippen molar-refractivity contribution in [2.24, 2.45) is 104 Å². The molecule has 2 aliphatic heterocycles. The third kappa shape index (κ3) is 6.36. The zero-order valence-electron chi connectivity index (χ0n) is 44.1. The third-order valence-electron chi connectivity index (χ3n) is 23.1. The van der Waals surface area contributed by atoms with Crippen molar-refractivity contribution >= 4 is 46.9 Å². The molecule has 10 nitrogen and oxygen atoms in total. The Morgan fingerprint density at radius 1 is 0.583 bits per heavy atom. The van der Waals surface area contributed by atoms with Crippen LogP contribution in [0.15, 0.2) is 71.8 Å². The normalized spacial score (nSPS) is 43.3. The van der Waals surface area contributed by atoms with E-state index >= 15 is 0 Å². The average Bonchev–Trinajstić information content (AvgIpc) is 3.78. The maximum atomic E-state index is 15.0. The monoisotopic (exact) mass is 985 g/mol. The Morgan fingerprint density at radius 3 is 1.35 bits per heavy atom. The van der Waals surface area contributed by atoms with Crippen molar-refractivity contribution in [3.63, 3.8) is 0 Å². The minimum absolute atomic E-state index is 0. The number of carboxylic acid groups (broad SMARTS) is 2. The summed E-state index contributed by atoms with van der Waals surface area (Å²) in [7, 11) is 0. The summed E-state index contributed by atoms with van der Waals surface area (Å²) in [5, 5.41) is 23.3. The summed E-state index contributed by atoms with van der Waals surface area (Å²) in [4.78, 5) is 88.0. The van der Waals surface area contributed by atoms with Gasteiger partial charge in [0.2, 0.25) is 23.6 Å². The van der Waals surface area contributed by atoms with Crippen LogP contribution in [0.5, 0.6) is 0 Å². The van der Waals surface area contributed by atoms with Crippen molar-refractivity contribution in [3.8, 4) is 0 Å². The van der Waals surface area contributed by atoms with Crippen LogP contribution < -0.4 is 44.5 Å². The van der Waals surface area contributed by atoms with E-state index in [4.69, 9.17) is 0 Å². The van der Waals surface area contributed by atoms with Crippen LogP contribution in [0.3, 0.4) is 0 Å². The van der Waals surface area contributed by atoms with Crippen LogP contribution in [0.1, 0.15) is 144 Å². The van der Waals surface area contributed by atoms with Gasteiger partial charge < -0.3 is 15.0 Å². The average molecular weight is 985 g/mol. The molecule has 6 saturated carbocycles. The van der Waals surface area contributed by atoms with Gasteiger partial charge in [0.05, 0.1) is 40.5 Å². The first-order valence-electron chi connectivity index (χ1n) is 27.4. The van der Waals surface area contributed by atoms with E-state index in [1.807, 2.05) is 62.4 Å². The van der Waals surface area contributed by atoms with Gasteiger partial charge in [-0.1, -0.05) is 109 Å². The molecule has 11 heteroatoms. The fourth-order valence-electron chi connectivity index (χ4n) is 20.2. The topological polar surface area (TPSA) is 152 Å². The Bertz CT molecular complexity index is 2580. The summed E-state index contributed by atoms with van der Waals surface area (Å²) >= 11 is 0. The molecule has 16 unspecified atom stereocenters. The molecule has 2 aromatic carbocycles. The number of allylic oxidation sites excluding steroid dienone is 4. The van der Waals surface area contributed by atoms with Gasteiger partial charge in [-0.05, 0) is 171 Å². The molecule has 0 radical (unpaired) electrons. The van der Waals surface area contributed by atoms with Gasteiger partial charge in [-0.25, -0.2) is 0 Å². The zero-order chi connectivity index (χ0) is 50.3. The second-order valence-electron chi connectivity index (χ2n) is 26.5. The number of carbonyl (C=O) groups excluding carboxylic acids is 5. The molecule has 14 rings (SSSR count). The minimum atomic E-state index is -0.961. The van der Waals surface area contributed by atoms with Gasteiger partial charge in [0, 0.05) is 22.2 Å². The maximum Gasteiger partial charge on any atom is 1.00 e. The predicted octanol–water partition coefficient (Wildman–Crippen LogP) is 6.98. The molecule has 8 fully saturated rings. The molecule has 0 aromatic heterocycles. The Balaban J connectivity index is 0.00000560. The predicted molar refractivity (Wildman–Crippen MR) is 267 cm³/mol. The van der Waals surface area contributed by atoms with Crippen LogP contribution in [-0.4, -0.2) is 40.7 Å². The fraction of sp³-hybridized carbons (Fsp3) is 0.639. The number of hydrogen-bond acceptors (Lipinski definition) is 7. The van der Waals surface area contributed by atoms with Crippen molar-refractivity contribution in [2.45, 2.75) is 139 Å². The van der Waals surface area contributed by atoms with Gasteiger partial charge >= 0.3 is 35.5 Å². The van der Waals surface area contributed by atoms with E-state index < -0.39 is 57.3 Å². The first-order chi connectivity index (χ1) is 33.6. The van der Waals surface area contributed by atoms with Crippen LogP contribution in [0, 0.1) is 104 Å². The van der Waals surface area contributed by atoms with Gasteiger partial charge in [0.25, 0.3) is 0 Å². The minimum Gasteiger partial charge on any atom is -0.550 e. The molecule has 12 aliphatic rings. The van der Waals surface area contributed by atoms with E-state index in [1.165, 1.54) is 20.9 Å². The summed E-state index contributed by atoms with van der Waals surface area (Å²) in [6.07, 6.45) is 14.7. The Hall–Kier alpha value is -3.86. The van der Waals surface area contributed by atoms with Gasteiger partial charge in [0.15, 0.2) is 0 Å². The van der Waals surface area contributed by atoms with Crippen LogP contribution in [0.25, 0.3) is 0 Å². The van der Waals surface area contributed by atoms with E-state index in [1.54, 1.807) is 0 Å². The summed E-state index contributed by atoms with van der Waals surface area (Å²) in [5.41, 5.74) is 2.53. The van der Waals surface area contributed by atoms with Gasteiger partial charge in [-0.15, -0.1) is 0 Å². The molecule has 4 amide bonds. The number of nitrogens with zero attached hydrogens (tertiary/aromatic N) is 2. The number of benzene rings is 2. The number of fused-ring (bicyclic) bond motifs is 2. The molecule has 2 aromatic rings. The Labute approximate surface area is 447 Å². The van der Waals surface area contributed by atoms with Gasteiger partial charge in [-0.3, -0.25) is 33.8 Å². The smallest absolute Gasteiger partial charge is 0.550 e. The van der Waals surface area contributed by atoms with Crippen LogP contribution in [-0.2, 0) is 35.2 Å². The SMILES string of the molecule is CC(C)C1=CC23CCC4C(C)(C(=O)[O-])CCCC4(C)C2CC1C1C(=O)N(c2ccc(Cc4ccc(N5C(=O)C6C7CC8C9(C)CCCC(C)(C(=O)O)C9CCC8(C=C7C(C)C)C6C5=O)cc4)cc2)C(=O)C13.[Na+]. The summed E-state index contributed by atoms with van der Waals surface area (Å²) in [6, 6.07) is 15.5. The van der Waals surface area contributed by atoms with Crippen molar-refractivity contribution in [1.29, 1.82) is 0 Å². The molecular formula is C61H73N2NaO8. The molecule has 2 heterocycles. The van der Waals surface area contributed by atoms with Crippen molar-refractivity contribution in [1.82, 2.24) is 0 Å². The van der Waals surface area contributed by atoms with E-state index in [2.05, 4.69) is 53.7 Å². The fourth-order valence-corrected chi connectivity index (χ4v) is 20.2. The second kappa shape index (κ2) is 16.6. The van der Waals surface area contributed by atoms with Crippen LogP contribution in [0.2, 0.25) is 0 Å². The first-order valence-corrected chi connectivity index (χ1v) is 27.4. The molecular weight excluding hydrogens is 912 g/mol. The molecule has 10 aliphatic carbocycles. The van der Waals surface area contributed by atoms with Crippen molar-refractivity contribution in [3.05, 3.63) is 83.0 Å². The number of carbonyl (C=O) groups is 6. The van der Waals surface area contributed by atoms with E-state index in [9.17, 15) is 39.0 Å². The van der Waals surface area contributed by atoms with E-state index in [-0.39, 0.29) is 111 Å². The number of rotatable bonds is 8. The maximum absolute atomic E-state index is 15.0. The van der Waals surface area contributed by atoms with Crippen molar-refractivity contribution in [2.75, 3.05) is 9.80 Å². The number of aliphatic carboxylic acids is 2. The summed E-state index contributed by atoms with van der Waals surface area (Å²) < 4.78 is 0. The molecule has 376 valence electrons. The van der Waals surface area contributed by atoms with Gasteiger partial charge in [0.1, 0.15) is 0 Å². The number of carboxylic acids is 2. The van der Waals surface area contributed by atoms with E-state index in [0.717, 1.165) is 62.5 Å².